The maximum absolute atomic E-state index is 12.4. The van der Waals surface area contributed by atoms with Crippen molar-refractivity contribution in [3.8, 4) is 0 Å². The van der Waals surface area contributed by atoms with E-state index >= 15 is 0 Å². The molecule has 0 aromatic heterocycles. The maximum atomic E-state index is 12.4. The fraction of sp³-hybridized carbons (Fsp3) is 0.385. The number of carboxylic acids is 1. The number of carbonyl (C=O) groups excluding carboxylic acids is 1. The zero-order valence-electron chi connectivity index (χ0n) is 12.3. The van der Waals surface area contributed by atoms with Crippen molar-refractivity contribution in [2.75, 3.05) is 5.75 Å². The Labute approximate surface area is 138 Å². The summed E-state index contributed by atoms with van der Waals surface area (Å²) in [5, 5.41) is 21.4. The van der Waals surface area contributed by atoms with Crippen LogP contribution in [0.1, 0.15) is 23.7 Å². The number of amides is 1. The van der Waals surface area contributed by atoms with Crippen molar-refractivity contribution in [2.45, 2.75) is 30.5 Å². The average molecular weight is 366 g/mol. The summed E-state index contributed by atoms with van der Waals surface area (Å²) in [6.07, 6.45) is -6.54. The monoisotopic (exact) mass is 366 g/mol. The highest BCUT2D eigenvalue weighted by Gasteiger charge is 2.36. The molecule has 0 spiro atoms. The molecule has 1 unspecified atom stereocenters. The molecule has 1 rings (SSSR count). The molecule has 7 nitrogen and oxygen atoms in total. The van der Waals surface area contributed by atoms with E-state index in [1.807, 2.05) is 0 Å². The molecule has 132 valence electrons. The third-order valence-corrected chi connectivity index (χ3v) is 3.71. The van der Waals surface area contributed by atoms with Crippen LogP contribution in [0.4, 0.5) is 18.9 Å². The molecular weight excluding hydrogens is 353 g/mol. The first-order chi connectivity index (χ1) is 11.0. The molecule has 0 saturated heterocycles. The van der Waals surface area contributed by atoms with E-state index in [4.69, 9.17) is 5.11 Å². The minimum atomic E-state index is -4.79. The third kappa shape index (κ3) is 5.72. The Morgan fingerprint density at radius 1 is 1.42 bits per heavy atom. The largest absolute Gasteiger partial charge is 0.480 e. The van der Waals surface area contributed by atoms with Crippen molar-refractivity contribution in [2.24, 2.45) is 0 Å². The van der Waals surface area contributed by atoms with Crippen LogP contribution >= 0.6 is 11.8 Å². The van der Waals surface area contributed by atoms with Crippen molar-refractivity contribution >= 4 is 29.3 Å². The molecule has 0 aliphatic heterocycles. The highest BCUT2D eigenvalue weighted by Crippen LogP contribution is 2.27. The zero-order valence-corrected chi connectivity index (χ0v) is 13.1. The lowest BCUT2D eigenvalue weighted by Crippen LogP contribution is -2.43. The molecule has 1 atom stereocenters. The number of thioether (sulfide) groups is 1. The predicted octanol–water partition coefficient (Wildman–Crippen LogP) is 2.84. The van der Waals surface area contributed by atoms with Gasteiger partial charge in [-0.25, -0.2) is 4.79 Å². The Morgan fingerprint density at radius 3 is 2.50 bits per heavy atom. The number of nitrogens with one attached hydrogen (secondary N) is 1. The Morgan fingerprint density at radius 2 is 2.04 bits per heavy atom. The van der Waals surface area contributed by atoms with Gasteiger partial charge in [0, 0.05) is 17.0 Å². The number of benzene rings is 1. The third-order valence-electron chi connectivity index (χ3n) is 2.76. The zero-order chi connectivity index (χ0) is 18.5. The van der Waals surface area contributed by atoms with Gasteiger partial charge in [0.05, 0.1) is 16.9 Å². The summed E-state index contributed by atoms with van der Waals surface area (Å²) >= 11 is 1.15. The highest BCUT2D eigenvalue weighted by molar-refractivity contribution is 7.99. The van der Waals surface area contributed by atoms with E-state index in [-0.39, 0.29) is 5.56 Å². The van der Waals surface area contributed by atoms with Crippen LogP contribution in [0.3, 0.4) is 0 Å². The Kier molecular flexibility index (Phi) is 6.58. The van der Waals surface area contributed by atoms with Crippen LogP contribution in [0.5, 0.6) is 0 Å². The van der Waals surface area contributed by atoms with Gasteiger partial charge in [0.2, 0.25) is 0 Å². The van der Waals surface area contributed by atoms with E-state index in [0.29, 0.717) is 10.6 Å². The minimum absolute atomic E-state index is 0.246. The van der Waals surface area contributed by atoms with Crippen molar-refractivity contribution in [3.05, 3.63) is 33.9 Å². The van der Waals surface area contributed by atoms with Crippen LogP contribution in [-0.2, 0) is 4.79 Å². The number of nitro groups is 1. The standard InChI is InChI=1S/C13H13F3N2O5S/c1-2-24-10-4-3-7(18(22)23)5-8(10)11(19)17-9(12(20)21)6-13(14,15)16/h3-5,9H,2,6H2,1H3,(H,17,19)(H,20,21). The normalized spacial score (nSPS) is 12.5. The van der Waals surface area contributed by atoms with Crippen LogP contribution in [-0.4, -0.2) is 39.9 Å². The number of non-ortho nitro benzene ring substituents is 1. The van der Waals surface area contributed by atoms with Gasteiger partial charge in [-0.1, -0.05) is 6.92 Å². The molecule has 0 heterocycles. The van der Waals surface area contributed by atoms with Crippen LogP contribution in [0.25, 0.3) is 0 Å². The van der Waals surface area contributed by atoms with Gasteiger partial charge in [-0.15, -0.1) is 11.8 Å². The second kappa shape index (κ2) is 7.99. The number of carbonyl (C=O) groups is 2. The topological polar surface area (TPSA) is 110 Å². The number of hydrogen-bond donors (Lipinski definition) is 2. The molecule has 0 aliphatic carbocycles. The summed E-state index contributed by atoms with van der Waals surface area (Å²) < 4.78 is 37.1. The van der Waals surface area contributed by atoms with Gasteiger partial charge in [-0.3, -0.25) is 14.9 Å². The van der Waals surface area contributed by atoms with Crippen LogP contribution < -0.4 is 5.32 Å². The average Bonchev–Trinajstić information content (AvgIpc) is 2.45. The Bertz CT molecular complexity index is 651. The molecule has 1 amide bonds. The number of rotatable bonds is 7. The van der Waals surface area contributed by atoms with E-state index < -0.39 is 41.1 Å². The van der Waals surface area contributed by atoms with Gasteiger partial charge in [0.1, 0.15) is 6.04 Å². The van der Waals surface area contributed by atoms with Crippen LogP contribution in [0, 0.1) is 10.1 Å². The summed E-state index contributed by atoms with van der Waals surface area (Å²) in [4.78, 5) is 33.4. The van der Waals surface area contributed by atoms with E-state index in [1.165, 1.54) is 6.07 Å². The van der Waals surface area contributed by atoms with Gasteiger partial charge in [-0.2, -0.15) is 13.2 Å². The van der Waals surface area contributed by atoms with Crippen molar-refractivity contribution in [3.63, 3.8) is 0 Å². The smallest absolute Gasteiger partial charge is 0.391 e. The second-order valence-electron chi connectivity index (χ2n) is 4.55. The van der Waals surface area contributed by atoms with E-state index in [9.17, 15) is 32.9 Å². The molecule has 0 bridgehead atoms. The molecular formula is C13H13F3N2O5S. The number of halogens is 3. The first-order valence-electron chi connectivity index (χ1n) is 6.56. The summed E-state index contributed by atoms with van der Waals surface area (Å²) in [6.45, 7) is 1.75. The van der Waals surface area contributed by atoms with Gasteiger partial charge in [0.15, 0.2) is 0 Å². The van der Waals surface area contributed by atoms with E-state index in [1.54, 1.807) is 12.2 Å². The van der Waals surface area contributed by atoms with Crippen LogP contribution in [0.15, 0.2) is 23.1 Å². The van der Waals surface area contributed by atoms with Gasteiger partial charge in [0.25, 0.3) is 11.6 Å². The van der Waals surface area contributed by atoms with Crippen molar-refractivity contribution < 1.29 is 32.8 Å². The molecule has 1 aromatic rings. The number of aliphatic carboxylic acids is 1. The number of alkyl halides is 3. The summed E-state index contributed by atoms with van der Waals surface area (Å²) in [5.74, 6) is -2.47. The first-order valence-corrected chi connectivity index (χ1v) is 7.55. The molecule has 24 heavy (non-hydrogen) atoms. The summed E-state index contributed by atoms with van der Waals surface area (Å²) in [7, 11) is 0. The predicted molar refractivity (Wildman–Crippen MR) is 79.1 cm³/mol. The van der Waals surface area contributed by atoms with Gasteiger partial charge >= 0.3 is 12.1 Å². The Balaban J connectivity index is 3.13. The lowest BCUT2D eigenvalue weighted by atomic mass is 10.1. The molecule has 2 N–H and O–H groups in total. The summed E-state index contributed by atoms with van der Waals surface area (Å²) in [5.41, 5.74) is -0.673. The number of hydrogen-bond acceptors (Lipinski definition) is 5. The number of carboxylic acid groups (broad SMARTS) is 1. The quantitative estimate of drug-likeness (QED) is 0.436. The number of nitrogens with zero attached hydrogens (tertiary/aromatic N) is 1. The summed E-state index contributed by atoms with van der Waals surface area (Å²) in [6, 6.07) is 1.16. The SMILES string of the molecule is CCSc1ccc([N+](=O)[O-])cc1C(=O)NC(CC(F)(F)F)C(=O)O. The lowest BCUT2D eigenvalue weighted by Gasteiger charge is -2.17. The molecule has 0 fully saturated rings. The molecule has 0 radical (unpaired) electrons. The minimum Gasteiger partial charge on any atom is -0.480 e. The highest BCUT2D eigenvalue weighted by atomic mass is 32.2. The molecule has 1 aromatic carbocycles. The van der Waals surface area contributed by atoms with Gasteiger partial charge < -0.3 is 10.4 Å². The lowest BCUT2D eigenvalue weighted by molar-refractivity contribution is -0.384. The van der Waals surface area contributed by atoms with E-state index in [2.05, 4.69) is 0 Å². The van der Waals surface area contributed by atoms with Crippen molar-refractivity contribution in [1.29, 1.82) is 0 Å². The number of nitro benzene ring substituents is 1. The maximum Gasteiger partial charge on any atom is 0.391 e. The fourth-order valence-corrected chi connectivity index (χ4v) is 2.54. The fourth-order valence-electron chi connectivity index (χ4n) is 1.76. The first kappa shape index (κ1) is 19.7. The van der Waals surface area contributed by atoms with Gasteiger partial charge in [-0.05, 0) is 11.8 Å². The molecule has 0 saturated carbocycles. The molecule has 11 heteroatoms. The van der Waals surface area contributed by atoms with E-state index in [0.717, 1.165) is 23.9 Å². The molecule has 0 aliphatic rings. The van der Waals surface area contributed by atoms with Crippen LogP contribution in [0.2, 0.25) is 0 Å². The Hall–Kier alpha value is -2.30. The van der Waals surface area contributed by atoms with Crippen molar-refractivity contribution in [1.82, 2.24) is 5.32 Å². The second-order valence-corrected chi connectivity index (χ2v) is 5.86.